The number of halogens is 2. The van der Waals surface area contributed by atoms with Crippen molar-refractivity contribution in [3.63, 3.8) is 0 Å². The molecule has 1 heterocycles. The Morgan fingerprint density at radius 2 is 1.56 bits per heavy atom. The molecule has 3 rings (SSSR count). The Morgan fingerprint density at radius 1 is 0.926 bits per heavy atom. The van der Waals surface area contributed by atoms with E-state index in [0.717, 1.165) is 25.7 Å². The first-order valence-corrected chi connectivity index (χ1v) is 10.8. The van der Waals surface area contributed by atoms with Crippen LogP contribution in [0.15, 0.2) is 47.4 Å². The van der Waals surface area contributed by atoms with Gasteiger partial charge in [-0.05, 0) is 49.2 Å². The Hall–Kier alpha value is -1.60. The van der Waals surface area contributed by atoms with E-state index in [1.807, 2.05) is 0 Å². The molecule has 0 aromatic heterocycles. The minimum absolute atomic E-state index is 0.149. The molecule has 1 aliphatic rings. The van der Waals surface area contributed by atoms with Crippen LogP contribution in [0.25, 0.3) is 0 Å². The molecule has 0 aliphatic carbocycles. The van der Waals surface area contributed by atoms with Crippen molar-refractivity contribution in [3.8, 4) is 5.75 Å². The summed E-state index contributed by atoms with van der Waals surface area (Å²) in [6.45, 7) is 1.05. The van der Waals surface area contributed by atoms with Crippen LogP contribution in [-0.4, -0.2) is 31.8 Å². The third-order valence-electron chi connectivity index (χ3n) is 4.39. The monoisotopic (exact) mass is 427 g/mol. The molecule has 8 heteroatoms. The number of benzene rings is 2. The van der Waals surface area contributed by atoms with Gasteiger partial charge in [-0.3, -0.25) is 0 Å². The number of carbonyl (C=O) groups is 1. The molecule has 0 radical (unpaired) electrons. The van der Waals surface area contributed by atoms with E-state index in [1.165, 1.54) is 40.7 Å². The number of carbonyl (C=O) groups excluding carboxylic acids is 1. The lowest BCUT2D eigenvalue weighted by atomic mass is 10.2. The second kappa shape index (κ2) is 8.61. The first-order chi connectivity index (χ1) is 12.9. The molecule has 5 nitrogen and oxygen atoms in total. The lowest BCUT2D eigenvalue weighted by molar-refractivity contribution is 0.0735. The quantitative estimate of drug-likeness (QED) is 0.520. The van der Waals surface area contributed by atoms with Crippen molar-refractivity contribution in [2.24, 2.45) is 0 Å². The van der Waals surface area contributed by atoms with Gasteiger partial charge in [-0.1, -0.05) is 36.0 Å². The summed E-state index contributed by atoms with van der Waals surface area (Å²) in [4.78, 5) is 12.5. The van der Waals surface area contributed by atoms with E-state index < -0.39 is 16.0 Å². The van der Waals surface area contributed by atoms with Crippen LogP contribution in [0.1, 0.15) is 36.0 Å². The number of rotatable bonds is 4. The molecule has 0 spiro atoms. The van der Waals surface area contributed by atoms with Gasteiger partial charge in [0.05, 0.1) is 15.5 Å². The average molecular weight is 428 g/mol. The third-order valence-corrected chi connectivity index (χ3v) is 6.85. The second-order valence-electron chi connectivity index (χ2n) is 6.31. The molecule has 0 saturated carbocycles. The zero-order valence-electron chi connectivity index (χ0n) is 14.5. The number of esters is 1. The van der Waals surface area contributed by atoms with Gasteiger partial charge in [0, 0.05) is 24.2 Å². The standard InChI is InChI=1S/C19H19Cl2NO4S/c20-15-7-10-17(21)18(13-15)26-19(23)14-5-8-16(9-6-14)27(24,25)22-11-3-1-2-4-12-22/h5-10,13H,1-4,11-12H2. The molecule has 0 N–H and O–H groups in total. The molecule has 1 saturated heterocycles. The van der Waals surface area contributed by atoms with Gasteiger partial charge in [0.25, 0.3) is 0 Å². The highest BCUT2D eigenvalue weighted by Crippen LogP contribution is 2.28. The van der Waals surface area contributed by atoms with Gasteiger partial charge in [-0.25, -0.2) is 13.2 Å². The highest BCUT2D eigenvalue weighted by atomic mass is 35.5. The Balaban J connectivity index is 1.76. The minimum Gasteiger partial charge on any atom is -0.421 e. The zero-order chi connectivity index (χ0) is 19.4. The van der Waals surface area contributed by atoms with Crippen molar-refractivity contribution in [3.05, 3.63) is 58.1 Å². The van der Waals surface area contributed by atoms with Gasteiger partial charge in [-0.2, -0.15) is 4.31 Å². The number of ether oxygens (including phenoxy) is 1. The predicted molar refractivity (Wildman–Crippen MR) is 105 cm³/mol. The molecule has 144 valence electrons. The molecule has 0 bridgehead atoms. The van der Waals surface area contributed by atoms with Gasteiger partial charge in [0.1, 0.15) is 0 Å². The van der Waals surface area contributed by atoms with E-state index in [-0.39, 0.29) is 21.2 Å². The van der Waals surface area contributed by atoms with E-state index >= 15 is 0 Å². The number of nitrogens with zero attached hydrogens (tertiary/aromatic N) is 1. The van der Waals surface area contributed by atoms with E-state index in [0.29, 0.717) is 18.1 Å². The molecule has 1 aliphatic heterocycles. The van der Waals surface area contributed by atoms with Crippen molar-refractivity contribution in [1.82, 2.24) is 4.31 Å². The smallest absolute Gasteiger partial charge is 0.343 e. The van der Waals surface area contributed by atoms with Gasteiger partial charge >= 0.3 is 5.97 Å². The van der Waals surface area contributed by atoms with Crippen LogP contribution >= 0.6 is 23.2 Å². The summed E-state index contributed by atoms with van der Waals surface area (Å²) in [6.07, 6.45) is 3.82. The van der Waals surface area contributed by atoms with Crippen molar-refractivity contribution in [2.75, 3.05) is 13.1 Å². The molecule has 0 amide bonds. The lowest BCUT2D eigenvalue weighted by Crippen LogP contribution is -2.31. The van der Waals surface area contributed by atoms with Crippen molar-refractivity contribution in [2.45, 2.75) is 30.6 Å². The summed E-state index contributed by atoms with van der Waals surface area (Å²) in [5, 5.41) is 0.647. The molecule has 2 aromatic carbocycles. The van der Waals surface area contributed by atoms with E-state index in [4.69, 9.17) is 27.9 Å². The fraction of sp³-hybridized carbons (Fsp3) is 0.316. The molecule has 0 unspecified atom stereocenters. The Kier molecular flexibility index (Phi) is 6.42. The van der Waals surface area contributed by atoms with Crippen LogP contribution in [0, 0.1) is 0 Å². The van der Waals surface area contributed by atoms with Gasteiger partial charge in [0.2, 0.25) is 10.0 Å². The number of hydrogen-bond acceptors (Lipinski definition) is 4. The van der Waals surface area contributed by atoms with Gasteiger partial charge in [0.15, 0.2) is 5.75 Å². The lowest BCUT2D eigenvalue weighted by Gasteiger charge is -2.20. The number of hydrogen-bond donors (Lipinski definition) is 0. The van der Waals surface area contributed by atoms with Crippen LogP contribution < -0.4 is 4.74 Å². The van der Waals surface area contributed by atoms with E-state index in [2.05, 4.69) is 0 Å². The molecular weight excluding hydrogens is 409 g/mol. The second-order valence-corrected chi connectivity index (χ2v) is 9.09. The van der Waals surface area contributed by atoms with Crippen molar-refractivity contribution >= 4 is 39.2 Å². The Labute approximate surface area is 168 Å². The molecule has 2 aromatic rings. The van der Waals surface area contributed by atoms with Crippen LogP contribution in [-0.2, 0) is 10.0 Å². The summed E-state index contributed by atoms with van der Waals surface area (Å²) in [5.74, 6) is -0.492. The average Bonchev–Trinajstić information content (AvgIpc) is 2.95. The summed E-state index contributed by atoms with van der Waals surface area (Å²) in [6, 6.07) is 10.3. The van der Waals surface area contributed by atoms with Gasteiger partial charge in [-0.15, -0.1) is 0 Å². The summed E-state index contributed by atoms with van der Waals surface area (Å²) in [7, 11) is -3.56. The van der Waals surface area contributed by atoms with Crippen LogP contribution in [0.3, 0.4) is 0 Å². The SMILES string of the molecule is O=C(Oc1cc(Cl)ccc1Cl)c1ccc(S(=O)(=O)N2CCCCCC2)cc1. The topological polar surface area (TPSA) is 63.7 Å². The van der Waals surface area contributed by atoms with E-state index in [1.54, 1.807) is 6.07 Å². The maximum atomic E-state index is 12.8. The maximum Gasteiger partial charge on any atom is 0.343 e. The fourth-order valence-electron chi connectivity index (χ4n) is 2.91. The summed E-state index contributed by atoms with van der Waals surface area (Å²) in [5.41, 5.74) is 0.223. The largest absolute Gasteiger partial charge is 0.421 e. The highest BCUT2D eigenvalue weighted by Gasteiger charge is 2.25. The molecule has 0 atom stereocenters. The van der Waals surface area contributed by atoms with Crippen LogP contribution in [0.4, 0.5) is 0 Å². The minimum atomic E-state index is -3.56. The van der Waals surface area contributed by atoms with Crippen molar-refractivity contribution in [1.29, 1.82) is 0 Å². The zero-order valence-corrected chi connectivity index (χ0v) is 16.9. The number of sulfonamides is 1. The fourth-order valence-corrected chi connectivity index (χ4v) is 4.74. The summed E-state index contributed by atoms with van der Waals surface area (Å²) >= 11 is 11.9. The first kappa shape index (κ1) is 20.1. The molecule has 27 heavy (non-hydrogen) atoms. The molecular formula is C19H19Cl2NO4S. The molecule has 1 fully saturated rings. The van der Waals surface area contributed by atoms with Crippen LogP contribution in [0.2, 0.25) is 10.0 Å². The Morgan fingerprint density at radius 3 is 2.19 bits per heavy atom. The highest BCUT2D eigenvalue weighted by molar-refractivity contribution is 7.89. The van der Waals surface area contributed by atoms with Gasteiger partial charge < -0.3 is 4.74 Å². The normalized spacial score (nSPS) is 15.9. The predicted octanol–water partition coefficient (Wildman–Crippen LogP) is 4.78. The van der Waals surface area contributed by atoms with E-state index in [9.17, 15) is 13.2 Å². The van der Waals surface area contributed by atoms with Crippen LogP contribution in [0.5, 0.6) is 5.75 Å². The Bertz CT molecular complexity index is 921. The first-order valence-electron chi connectivity index (χ1n) is 8.65. The summed E-state index contributed by atoms with van der Waals surface area (Å²) < 4.78 is 32.3. The maximum absolute atomic E-state index is 12.8. The third kappa shape index (κ3) is 4.82. The van der Waals surface area contributed by atoms with Crippen molar-refractivity contribution < 1.29 is 17.9 Å².